The Balaban J connectivity index is 3.07. The molecule has 0 saturated heterocycles. The first-order valence-electron chi connectivity index (χ1n) is 4.18. The number of carbonyl (C=O) groups is 1. The first kappa shape index (κ1) is 11.6. The number of carbonyl (C=O) groups excluding carboxylic acids is 1. The van der Waals surface area contributed by atoms with Crippen molar-refractivity contribution in [3.8, 4) is 0 Å². The molecule has 2 unspecified atom stereocenters. The second kappa shape index (κ2) is 4.39. The molecule has 0 aliphatic heterocycles. The summed E-state index contributed by atoms with van der Waals surface area (Å²) in [7, 11) is -1.64. The minimum Gasteiger partial charge on any atom is -0.398 e. The van der Waals surface area contributed by atoms with Gasteiger partial charge in [-0.2, -0.15) is 0 Å². The van der Waals surface area contributed by atoms with E-state index in [1.54, 1.807) is 0 Å². The Hall–Kier alpha value is -1.43. The average molecular weight is 230 g/mol. The summed E-state index contributed by atoms with van der Waals surface area (Å²) in [5.41, 5.74) is 10.5. The molecule has 15 heavy (non-hydrogen) atoms. The van der Waals surface area contributed by atoms with Gasteiger partial charge in [-0.15, -0.1) is 0 Å². The number of nitrogens with two attached hydrogens (primary N) is 2. The molecule has 82 valence electrons. The Bertz CT molecular complexity index is 423. The van der Waals surface area contributed by atoms with Gasteiger partial charge in [0, 0.05) is 0 Å². The van der Waals surface area contributed by atoms with Crippen LogP contribution >= 0.6 is 0 Å². The molecule has 6 heteroatoms. The van der Waals surface area contributed by atoms with Gasteiger partial charge in [0.2, 0.25) is 5.91 Å². The van der Waals surface area contributed by atoms with Crippen LogP contribution in [0.3, 0.4) is 0 Å². The Morgan fingerprint density at radius 2 is 2.13 bits per heavy atom. The van der Waals surface area contributed by atoms with Crippen LogP contribution < -0.4 is 11.5 Å². The van der Waals surface area contributed by atoms with Gasteiger partial charge in [-0.3, -0.25) is 9.00 Å². The monoisotopic (exact) mass is 230 g/mol. The quantitative estimate of drug-likeness (QED) is 0.736. The molecule has 0 aliphatic rings. The third-order valence-corrected chi connectivity index (χ3v) is 3.59. The van der Waals surface area contributed by atoms with Crippen LogP contribution in [0.25, 0.3) is 0 Å². The molecule has 0 spiro atoms. The van der Waals surface area contributed by atoms with E-state index in [0.717, 1.165) is 12.1 Å². The van der Waals surface area contributed by atoms with Gasteiger partial charge in [0.15, 0.2) is 0 Å². The highest BCUT2D eigenvalue weighted by molar-refractivity contribution is 7.86. The minimum absolute atomic E-state index is 0.0569. The Morgan fingerprint density at radius 1 is 1.53 bits per heavy atom. The molecule has 1 aromatic rings. The number of halogens is 1. The molecule has 2 atom stereocenters. The van der Waals surface area contributed by atoms with Gasteiger partial charge in [-0.25, -0.2) is 4.39 Å². The maximum absolute atomic E-state index is 12.7. The van der Waals surface area contributed by atoms with Crippen LogP contribution in [0.2, 0.25) is 0 Å². The van der Waals surface area contributed by atoms with Gasteiger partial charge in [-0.05, 0) is 25.1 Å². The number of rotatable bonds is 3. The highest BCUT2D eigenvalue weighted by atomic mass is 32.2. The van der Waals surface area contributed by atoms with Gasteiger partial charge in [0.25, 0.3) is 0 Å². The van der Waals surface area contributed by atoms with Gasteiger partial charge in [-0.1, -0.05) is 0 Å². The SMILES string of the molecule is CC(C(N)=O)S(=O)c1ccc(F)cc1N. The lowest BCUT2D eigenvalue weighted by molar-refractivity contribution is -0.117. The van der Waals surface area contributed by atoms with E-state index in [-0.39, 0.29) is 10.6 Å². The smallest absolute Gasteiger partial charge is 0.233 e. The molecule has 0 heterocycles. The highest BCUT2D eigenvalue weighted by Crippen LogP contribution is 2.20. The van der Waals surface area contributed by atoms with Crippen molar-refractivity contribution in [2.24, 2.45) is 5.73 Å². The summed E-state index contributed by atoms with van der Waals surface area (Å²) in [6.45, 7) is 1.43. The van der Waals surface area contributed by atoms with Crippen LogP contribution in [-0.4, -0.2) is 15.4 Å². The van der Waals surface area contributed by atoms with Crippen LogP contribution in [0.15, 0.2) is 23.1 Å². The van der Waals surface area contributed by atoms with Crippen molar-refractivity contribution in [2.75, 3.05) is 5.73 Å². The number of nitrogen functional groups attached to an aromatic ring is 1. The van der Waals surface area contributed by atoms with E-state index in [0.29, 0.717) is 0 Å². The molecule has 1 aromatic carbocycles. The van der Waals surface area contributed by atoms with Crippen LogP contribution in [0.4, 0.5) is 10.1 Å². The molecule has 0 aromatic heterocycles. The molecule has 4 N–H and O–H groups in total. The fourth-order valence-electron chi connectivity index (χ4n) is 0.998. The van der Waals surface area contributed by atoms with Crippen LogP contribution in [0.1, 0.15) is 6.92 Å². The molecule has 1 rings (SSSR count). The summed E-state index contributed by atoms with van der Waals surface area (Å²) in [6.07, 6.45) is 0. The first-order chi connectivity index (χ1) is 6.93. The number of amides is 1. The van der Waals surface area contributed by atoms with Gasteiger partial charge < -0.3 is 11.5 Å². The van der Waals surface area contributed by atoms with Gasteiger partial charge in [0.1, 0.15) is 11.1 Å². The average Bonchev–Trinajstić information content (AvgIpc) is 2.15. The zero-order valence-corrected chi connectivity index (χ0v) is 8.88. The Labute approximate surface area is 88.9 Å². The minimum atomic E-state index is -1.64. The van der Waals surface area contributed by atoms with E-state index < -0.39 is 27.8 Å². The largest absolute Gasteiger partial charge is 0.398 e. The van der Waals surface area contributed by atoms with Crippen molar-refractivity contribution < 1.29 is 13.4 Å². The number of anilines is 1. The van der Waals surface area contributed by atoms with Crippen LogP contribution in [0, 0.1) is 5.82 Å². The zero-order chi connectivity index (χ0) is 11.6. The summed E-state index contributed by atoms with van der Waals surface area (Å²) in [4.78, 5) is 11.0. The predicted octanol–water partition coefficient (Wildman–Crippen LogP) is 0.389. The Morgan fingerprint density at radius 3 is 2.60 bits per heavy atom. The summed E-state index contributed by atoms with van der Waals surface area (Å²) in [5, 5.41) is -0.849. The zero-order valence-electron chi connectivity index (χ0n) is 8.07. The van der Waals surface area contributed by atoms with Crippen LogP contribution in [0.5, 0.6) is 0 Å². The fourth-order valence-corrected chi connectivity index (χ4v) is 2.08. The summed E-state index contributed by atoms with van der Waals surface area (Å²) in [5.74, 6) is -1.20. The Kier molecular flexibility index (Phi) is 3.41. The molecule has 0 aliphatic carbocycles. The molecule has 0 radical (unpaired) electrons. The topological polar surface area (TPSA) is 86.2 Å². The lowest BCUT2D eigenvalue weighted by atomic mass is 10.3. The predicted molar refractivity (Wildman–Crippen MR) is 55.9 cm³/mol. The van der Waals surface area contributed by atoms with Crippen molar-refractivity contribution >= 4 is 22.4 Å². The van der Waals surface area contributed by atoms with Crippen molar-refractivity contribution in [1.29, 1.82) is 0 Å². The molecule has 1 amide bonds. The van der Waals surface area contributed by atoms with Crippen LogP contribution in [-0.2, 0) is 15.6 Å². The fraction of sp³-hybridized carbons (Fsp3) is 0.222. The summed E-state index contributed by atoms with van der Waals surface area (Å²) in [6, 6.07) is 3.48. The third kappa shape index (κ3) is 2.53. The maximum atomic E-state index is 12.7. The van der Waals surface area contributed by atoms with E-state index in [1.165, 1.54) is 13.0 Å². The second-order valence-corrected chi connectivity index (χ2v) is 4.77. The number of hydrogen-bond acceptors (Lipinski definition) is 3. The van der Waals surface area contributed by atoms with Crippen molar-refractivity contribution in [2.45, 2.75) is 17.1 Å². The molecule has 4 nitrogen and oxygen atoms in total. The lowest BCUT2D eigenvalue weighted by Crippen LogP contribution is -2.29. The number of primary amides is 1. The number of hydrogen-bond donors (Lipinski definition) is 2. The van der Waals surface area contributed by atoms with E-state index in [4.69, 9.17) is 11.5 Å². The molecular formula is C9H11FN2O2S. The lowest BCUT2D eigenvalue weighted by Gasteiger charge is -2.09. The molecule has 0 fully saturated rings. The second-order valence-electron chi connectivity index (χ2n) is 3.02. The molecule has 0 bridgehead atoms. The van der Waals surface area contributed by atoms with Gasteiger partial charge >= 0.3 is 0 Å². The number of benzene rings is 1. The van der Waals surface area contributed by atoms with Gasteiger partial charge in [0.05, 0.1) is 21.4 Å². The molecule has 0 saturated carbocycles. The third-order valence-electron chi connectivity index (χ3n) is 1.91. The van der Waals surface area contributed by atoms with Crippen molar-refractivity contribution in [1.82, 2.24) is 0 Å². The van der Waals surface area contributed by atoms with E-state index >= 15 is 0 Å². The van der Waals surface area contributed by atoms with E-state index in [1.807, 2.05) is 0 Å². The first-order valence-corrected chi connectivity index (χ1v) is 5.39. The van der Waals surface area contributed by atoms with Crippen molar-refractivity contribution in [3.05, 3.63) is 24.0 Å². The standard InChI is InChI=1S/C9H11FN2O2S/c1-5(9(12)13)15(14)8-3-2-6(10)4-7(8)11/h2-5H,11H2,1H3,(H2,12,13). The van der Waals surface area contributed by atoms with E-state index in [2.05, 4.69) is 0 Å². The maximum Gasteiger partial charge on any atom is 0.233 e. The van der Waals surface area contributed by atoms with Crippen molar-refractivity contribution in [3.63, 3.8) is 0 Å². The normalized spacial score (nSPS) is 14.5. The van der Waals surface area contributed by atoms with E-state index in [9.17, 15) is 13.4 Å². The summed E-state index contributed by atoms with van der Waals surface area (Å²) < 4.78 is 24.4. The molecular weight excluding hydrogens is 219 g/mol. The summed E-state index contributed by atoms with van der Waals surface area (Å²) >= 11 is 0. The highest BCUT2D eigenvalue weighted by Gasteiger charge is 2.20.